The van der Waals surface area contributed by atoms with E-state index in [1.807, 2.05) is 66.6 Å². The first-order valence-electron chi connectivity index (χ1n) is 9.97. The second kappa shape index (κ2) is 7.33. The molecule has 1 amide bonds. The summed E-state index contributed by atoms with van der Waals surface area (Å²) in [5.74, 6) is 1.87. The van der Waals surface area contributed by atoms with Crippen LogP contribution in [0.2, 0.25) is 0 Å². The Labute approximate surface area is 173 Å². The van der Waals surface area contributed by atoms with Crippen molar-refractivity contribution >= 4 is 16.8 Å². The van der Waals surface area contributed by atoms with Crippen molar-refractivity contribution in [2.75, 3.05) is 13.7 Å². The minimum atomic E-state index is -0.0823. The largest absolute Gasteiger partial charge is 0.497 e. The lowest BCUT2D eigenvalue weighted by molar-refractivity contribution is -0.129. The van der Waals surface area contributed by atoms with Gasteiger partial charge in [-0.2, -0.15) is 4.98 Å². The molecule has 1 aliphatic heterocycles. The van der Waals surface area contributed by atoms with Crippen LogP contribution in [0.4, 0.5) is 0 Å². The Balaban J connectivity index is 1.36. The van der Waals surface area contributed by atoms with Gasteiger partial charge in [0.15, 0.2) is 5.82 Å². The van der Waals surface area contributed by atoms with Gasteiger partial charge in [-0.1, -0.05) is 23.4 Å². The second-order valence-electron chi connectivity index (χ2n) is 7.60. The van der Waals surface area contributed by atoms with Gasteiger partial charge in [-0.05, 0) is 42.8 Å². The Morgan fingerprint density at radius 3 is 2.83 bits per heavy atom. The summed E-state index contributed by atoms with van der Waals surface area (Å²) in [6.07, 6.45) is 2.27. The zero-order valence-electron chi connectivity index (χ0n) is 16.8. The monoisotopic (exact) mass is 402 g/mol. The van der Waals surface area contributed by atoms with E-state index in [2.05, 4.69) is 15.1 Å². The number of ether oxygens (including phenoxy) is 1. The fourth-order valence-electron chi connectivity index (χ4n) is 4.12. The van der Waals surface area contributed by atoms with E-state index in [4.69, 9.17) is 9.26 Å². The number of nitrogens with zero attached hydrogens (tertiary/aromatic N) is 3. The molecule has 2 unspecified atom stereocenters. The zero-order valence-corrected chi connectivity index (χ0v) is 16.8. The molecule has 3 heterocycles. The van der Waals surface area contributed by atoms with Crippen LogP contribution in [-0.4, -0.2) is 39.6 Å². The van der Waals surface area contributed by atoms with Crippen LogP contribution in [0.1, 0.15) is 36.7 Å². The first kappa shape index (κ1) is 18.4. The maximum atomic E-state index is 12.7. The van der Waals surface area contributed by atoms with Crippen LogP contribution in [0, 0.1) is 0 Å². The predicted molar refractivity (Wildman–Crippen MR) is 112 cm³/mol. The molecule has 2 aromatic carbocycles. The molecule has 152 valence electrons. The first-order chi connectivity index (χ1) is 14.6. The van der Waals surface area contributed by atoms with Gasteiger partial charge in [0.1, 0.15) is 5.75 Å². The van der Waals surface area contributed by atoms with Gasteiger partial charge in [-0.3, -0.25) is 4.79 Å². The quantitative estimate of drug-likeness (QED) is 0.538. The number of amides is 1. The van der Waals surface area contributed by atoms with Gasteiger partial charge >= 0.3 is 0 Å². The average Bonchev–Trinajstić information content (AvgIpc) is 3.52. The van der Waals surface area contributed by atoms with Crippen LogP contribution < -0.4 is 4.74 Å². The molecule has 2 aromatic heterocycles. The Morgan fingerprint density at radius 2 is 2.03 bits per heavy atom. The minimum Gasteiger partial charge on any atom is -0.497 e. The summed E-state index contributed by atoms with van der Waals surface area (Å²) in [6, 6.07) is 15.7. The Kier molecular flexibility index (Phi) is 4.50. The lowest BCUT2D eigenvalue weighted by Gasteiger charge is -2.25. The minimum absolute atomic E-state index is 0.0339. The molecule has 0 radical (unpaired) electrons. The number of hydrogen-bond donors (Lipinski definition) is 1. The van der Waals surface area contributed by atoms with E-state index in [0.717, 1.165) is 27.8 Å². The Bertz CT molecular complexity index is 1190. The summed E-state index contributed by atoms with van der Waals surface area (Å²) in [5, 5.41) is 5.23. The van der Waals surface area contributed by atoms with E-state index < -0.39 is 0 Å². The third kappa shape index (κ3) is 3.12. The maximum absolute atomic E-state index is 12.7. The first-order valence-corrected chi connectivity index (χ1v) is 9.97. The molecule has 7 heteroatoms. The highest BCUT2D eigenvalue weighted by atomic mass is 16.5. The molecule has 1 aliphatic rings. The third-order valence-corrected chi connectivity index (χ3v) is 5.86. The lowest BCUT2D eigenvalue weighted by Crippen LogP contribution is -2.28. The highest BCUT2D eigenvalue weighted by molar-refractivity contribution is 5.92. The van der Waals surface area contributed by atoms with Crippen molar-refractivity contribution in [2.45, 2.75) is 25.3 Å². The smallest absolute Gasteiger partial charge is 0.258 e. The van der Waals surface area contributed by atoms with Crippen molar-refractivity contribution in [3.63, 3.8) is 0 Å². The summed E-state index contributed by atoms with van der Waals surface area (Å²) in [6.45, 7) is 2.61. The Morgan fingerprint density at radius 1 is 1.20 bits per heavy atom. The van der Waals surface area contributed by atoms with Crippen LogP contribution in [-0.2, 0) is 4.79 Å². The molecular formula is C23H22N4O3. The van der Waals surface area contributed by atoms with Gasteiger partial charge in [0, 0.05) is 41.5 Å². The number of methoxy groups -OCH3 is 1. The number of H-pyrrole nitrogens is 1. The van der Waals surface area contributed by atoms with Gasteiger partial charge in [-0.15, -0.1) is 0 Å². The molecule has 0 spiro atoms. The number of hydrogen-bond acceptors (Lipinski definition) is 5. The van der Waals surface area contributed by atoms with Gasteiger partial charge < -0.3 is 19.1 Å². The number of rotatable bonds is 5. The van der Waals surface area contributed by atoms with Gasteiger partial charge in [-0.25, -0.2) is 0 Å². The van der Waals surface area contributed by atoms with Crippen LogP contribution in [0.15, 0.2) is 59.3 Å². The summed E-state index contributed by atoms with van der Waals surface area (Å²) in [4.78, 5) is 22.4. The maximum Gasteiger partial charge on any atom is 0.258 e. The molecular weight excluding hydrogens is 380 g/mol. The number of aromatic nitrogens is 3. The summed E-state index contributed by atoms with van der Waals surface area (Å²) >= 11 is 0. The molecule has 0 bridgehead atoms. The topological polar surface area (TPSA) is 84.2 Å². The standard InChI is InChI=1S/C23H22N4O3/c1-14(15-6-8-17(29-2)9-7-15)27-13-16(12-21(27)28)22-25-23(30-26-22)19-4-3-5-20-18(19)10-11-24-20/h3-11,14,16,24H,12-13H2,1-2H3. The molecule has 7 nitrogen and oxygen atoms in total. The number of benzene rings is 2. The number of aromatic amines is 1. The molecule has 0 saturated carbocycles. The van der Waals surface area contributed by atoms with Crippen molar-refractivity contribution in [1.82, 2.24) is 20.0 Å². The fourth-order valence-corrected chi connectivity index (χ4v) is 4.12. The van der Waals surface area contributed by atoms with E-state index in [-0.39, 0.29) is 17.9 Å². The van der Waals surface area contributed by atoms with Crippen molar-refractivity contribution in [1.29, 1.82) is 0 Å². The number of carbonyl (C=O) groups is 1. The zero-order chi connectivity index (χ0) is 20.7. The molecule has 1 saturated heterocycles. The van der Waals surface area contributed by atoms with E-state index in [1.54, 1.807) is 7.11 Å². The number of fused-ring (bicyclic) bond motifs is 1. The Hall–Kier alpha value is -3.61. The number of likely N-dealkylation sites (tertiary alicyclic amines) is 1. The van der Waals surface area contributed by atoms with Crippen molar-refractivity contribution in [2.24, 2.45) is 0 Å². The number of nitrogens with one attached hydrogen (secondary N) is 1. The van der Waals surface area contributed by atoms with E-state index >= 15 is 0 Å². The molecule has 1 N–H and O–H groups in total. The van der Waals surface area contributed by atoms with E-state index in [0.29, 0.717) is 24.7 Å². The lowest BCUT2D eigenvalue weighted by atomic mass is 10.1. The van der Waals surface area contributed by atoms with Gasteiger partial charge in [0.05, 0.1) is 13.2 Å². The summed E-state index contributed by atoms with van der Waals surface area (Å²) in [5.41, 5.74) is 2.97. The van der Waals surface area contributed by atoms with E-state index in [9.17, 15) is 4.79 Å². The van der Waals surface area contributed by atoms with Crippen LogP contribution in [0.5, 0.6) is 5.75 Å². The third-order valence-electron chi connectivity index (χ3n) is 5.86. The molecule has 5 rings (SSSR count). The molecule has 30 heavy (non-hydrogen) atoms. The van der Waals surface area contributed by atoms with Crippen molar-refractivity contribution in [3.8, 4) is 17.2 Å². The second-order valence-corrected chi connectivity index (χ2v) is 7.60. The highest BCUT2D eigenvalue weighted by Crippen LogP contribution is 2.35. The van der Waals surface area contributed by atoms with Crippen molar-refractivity contribution < 1.29 is 14.1 Å². The van der Waals surface area contributed by atoms with Crippen LogP contribution in [0.3, 0.4) is 0 Å². The average molecular weight is 402 g/mol. The van der Waals surface area contributed by atoms with Crippen molar-refractivity contribution in [3.05, 3.63) is 66.1 Å². The summed E-state index contributed by atoms with van der Waals surface area (Å²) in [7, 11) is 1.64. The predicted octanol–water partition coefficient (Wildman–Crippen LogP) is 4.30. The molecule has 1 fully saturated rings. The molecule has 0 aliphatic carbocycles. The number of carbonyl (C=O) groups excluding carboxylic acids is 1. The van der Waals surface area contributed by atoms with Gasteiger partial charge in [0.2, 0.25) is 5.91 Å². The van der Waals surface area contributed by atoms with Crippen LogP contribution in [0.25, 0.3) is 22.4 Å². The highest BCUT2D eigenvalue weighted by Gasteiger charge is 2.36. The molecule has 2 atom stereocenters. The normalized spacial score (nSPS) is 17.6. The van der Waals surface area contributed by atoms with Crippen LogP contribution >= 0.6 is 0 Å². The fraction of sp³-hybridized carbons (Fsp3) is 0.261. The SMILES string of the molecule is COc1ccc(C(C)N2CC(c3noc(-c4cccc5[nH]ccc45)n3)CC2=O)cc1. The van der Waals surface area contributed by atoms with E-state index in [1.165, 1.54) is 0 Å². The summed E-state index contributed by atoms with van der Waals surface area (Å²) < 4.78 is 10.8. The van der Waals surface area contributed by atoms with Gasteiger partial charge in [0.25, 0.3) is 5.89 Å². The molecule has 4 aromatic rings.